The van der Waals surface area contributed by atoms with Crippen molar-refractivity contribution in [2.45, 2.75) is 44.2 Å². The Hall–Kier alpha value is -0.590. The lowest BCUT2D eigenvalue weighted by Gasteiger charge is -2.56. The largest absolute Gasteiger partial charge is 0.288 e. The van der Waals surface area contributed by atoms with Gasteiger partial charge in [-0.3, -0.25) is 10.2 Å². The molecule has 3 heteroatoms. The fraction of sp³-hybridized carbons (Fsp3) is 0.909. The van der Waals surface area contributed by atoms with E-state index in [1.54, 1.807) is 0 Å². The van der Waals surface area contributed by atoms with Crippen molar-refractivity contribution in [3.05, 3.63) is 0 Å². The molecule has 1 saturated heterocycles. The summed E-state index contributed by atoms with van der Waals surface area (Å²) in [5.74, 6) is 0. The molecule has 14 heavy (non-hydrogen) atoms. The molecule has 0 aromatic rings. The van der Waals surface area contributed by atoms with Crippen molar-refractivity contribution in [2.24, 2.45) is 5.41 Å². The van der Waals surface area contributed by atoms with Gasteiger partial charge in [0.1, 0.15) is 6.04 Å². The number of hydrogen-bond acceptors (Lipinski definition) is 3. The van der Waals surface area contributed by atoms with Crippen molar-refractivity contribution in [1.82, 2.24) is 10.2 Å². The summed E-state index contributed by atoms with van der Waals surface area (Å²) < 4.78 is 0. The summed E-state index contributed by atoms with van der Waals surface area (Å²) in [6, 6.07) is 3.15. The zero-order chi connectivity index (χ0) is 9.60. The molecule has 3 rings (SSSR count). The topological polar surface area (TPSA) is 39.1 Å². The van der Waals surface area contributed by atoms with E-state index in [4.69, 9.17) is 5.26 Å². The van der Waals surface area contributed by atoms with E-state index in [2.05, 4.69) is 16.3 Å². The van der Waals surface area contributed by atoms with Gasteiger partial charge < -0.3 is 0 Å². The van der Waals surface area contributed by atoms with E-state index < -0.39 is 0 Å². The lowest BCUT2D eigenvalue weighted by atomic mass is 9.54. The van der Waals surface area contributed by atoms with Gasteiger partial charge in [-0.2, -0.15) is 5.26 Å². The zero-order valence-corrected chi connectivity index (χ0v) is 8.50. The van der Waals surface area contributed by atoms with Crippen molar-refractivity contribution in [1.29, 1.82) is 5.26 Å². The third-order valence-corrected chi connectivity index (χ3v) is 4.38. The summed E-state index contributed by atoms with van der Waals surface area (Å²) in [5, 5.41) is 12.0. The second-order valence-corrected chi connectivity index (χ2v) is 5.23. The molecule has 0 radical (unpaired) electrons. The Morgan fingerprint density at radius 2 is 2.14 bits per heavy atom. The van der Waals surface area contributed by atoms with E-state index in [1.165, 1.54) is 32.1 Å². The molecule has 3 fully saturated rings. The number of hydrogen-bond donors (Lipinski definition) is 1. The smallest absolute Gasteiger partial charge is 0.109 e. The Morgan fingerprint density at radius 3 is 2.64 bits per heavy atom. The van der Waals surface area contributed by atoms with Crippen LogP contribution in [0, 0.1) is 16.7 Å². The molecule has 0 aromatic carbocycles. The SMILES string of the molecule is N#CC1CN(C2CC3(CCC3)C2)CN1. The Bertz CT molecular complexity index is 269. The lowest BCUT2D eigenvalue weighted by Crippen LogP contribution is -2.53. The maximum atomic E-state index is 8.78. The average molecular weight is 191 g/mol. The summed E-state index contributed by atoms with van der Waals surface area (Å²) in [5.41, 5.74) is 0.759. The van der Waals surface area contributed by atoms with Crippen molar-refractivity contribution in [3.8, 4) is 6.07 Å². The first kappa shape index (κ1) is 8.70. The molecular weight excluding hydrogens is 174 g/mol. The minimum absolute atomic E-state index is 0.0768. The average Bonchev–Trinajstić information content (AvgIpc) is 2.47. The van der Waals surface area contributed by atoms with Gasteiger partial charge in [0, 0.05) is 19.3 Å². The zero-order valence-electron chi connectivity index (χ0n) is 8.50. The maximum Gasteiger partial charge on any atom is 0.109 e. The van der Waals surface area contributed by atoms with E-state index in [-0.39, 0.29) is 6.04 Å². The predicted octanol–water partition coefficient (Wildman–Crippen LogP) is 1.07. The summed E-state index contributed by atoms with van der Waals surface area (Å²) in [6.07, 6.45) is 7.17. The monoisotopic (exact) mass is 191 g/mol. The second-order valence-electron chi connectivity index (χ2n) is 5.23. The third-order valence-electron chi connectivity index (χ3n) is 4.38. The van der Waals surface area contributed by atoms with Crippen LogP contribution in [0.4, 0.5) is 0 Å². The van der Waals surface area contributed by atoms with Gasteiger partial charge in [-0.05, 0) is 31.1 Å². The molecule has 3 aliphatic rings. The third kappa shape index (κ3) is 1.18. The summed E-state index contributed by atoms with van der Waals surface area (Å²) in [6.45, 7) is 1.87. The molecule has 3 nitrogen and oxygen atoms in total. The highest BCUT2D eigenvalue weighted by molar-refractivity contribution is 5.06. The number of nitriles is 1. The van der Waals surface area contributed by atoms with E-state index in [0.717, 1.165) is 24.7 Å². The van der Waals surface area contributed by atoms with Gasteiger partial charge in [0.05, 0.1) is 6.07 Å². The van der Waals surface area contributed by atoms with Gasteiger partial charge in [0.2, 0.25) is 0 Å². The van der Waals surface area contributed by atoms with Crippen molar-refractivity contribution in [3.63, 3.8) is 0 Å². The van der Waals surface area contributed by atoms with Crippen LogP contribution in [0.1, 0.15) is 32.1 Å². The molecule has 0 amide bonds. The van der Waals surface area contributed by atoms with E-state index >= 15 is 0 Å². The molecule has 2 saturated carbocycles. The Labute approximate surface area is 85.1 Å². The summed E-state index contributed by atoms with van der Waals surface area (Å²) in [4.78, 5) is 2.46. The van der Waals surface area contributed by atoms with Crippen LogP contribution in [-0.2, 0) is 0 Å². The minimum atomic E-state index is 0.0768. The standard InChI is InChI=1S/C11H17N3/c12-6-9-7-14(8-13-9)10-4-11(5-10)2-1-3-11/h9-10,13H,1-5,7-8H2. The highest BCUT2D eigenvalue weighted by atomic mass is 15.3. The molecule has 76 valence electrons. The van der Waals surface area contributed by atoms with Crippen molar-refractivity contribution >= 4 is 0 Å². The number of rotatable bonds is 1. The lowest BCUT2D eigenvalue weighted by molar-refractivity contribution is -0.0480. The van der Waals surface area contributed by atoms with Crippen LogP contribution >= 0.6 is 0 Å². The van der Waals surface area contributed by atoms with E-state index in [0.29, 0.717) is 0 Å². The minimum Gasteiger partial charge on any atom is -0.288 e. The van der Waals surface area contributed by atoms with Crippen LogP contribution in [0.5, 0.6) is 0 Å². The van der Waals surface area contributed by atoms with Gasteiger partial charge in [0.15, 0.2) is 0 Å². The van der Waals surface area contributed by atoms with Crippen LogP contribution in [0.25, 0.3) is 0 Å². The van der Waals surface area contributed by atoms with Crippen molar-refractivity contribution in [2.75, 3.05) is 13.2 Å². The summed E-state index contributed by atoms with van der Waals surface area (Å²) in [7, 11) is 0. The van der Waals surface area contributed by atoms with Gasteiger partial charge in [-0.1, -0.05) is 6.42 Å². The van der Waals surface area contributed by atoms with Gasteiger partial charge in [-0.25, -0.2) is 0 Å². The number of nitrogens with zero attached hydrogens (tertiary/aromatic N) is 2. The molecule has 2 aliphatic carbocycles. The second kappa shape index (κ2) is 2.95. The first-order valence-electron chi connectivity index (χ1n) is 5.68. The number of nitrogens with one attached hydrogen (secondary N) is 1. The quantitative estimate of drug-likeness (QED) is 0.674. The molecule has 1 heterocycles. The highest BCUT2D eigenvalue weighted by Gasteiger charge is 2.50. The molecule has 0 aromatic heterocycles. The fourth-order valence-electron chi connectivity index (χ4n) is 3.24. The normalized spacial score (nSPS) is 36.4. The highest BCUT2D eigenvalue weighted by Crippen LogP contribution is 2.57. The Kier molecular flexibility index (Phi) is 1.83. The molecule has 1 aliphatic heterocycles. The van der Waals surface area contributed by atoms with Crippen molar-refractivity contribution < 1.29 is 0 Å². The molecule has 1 N–H and O–H groups in total. The van der Waals surface area contributed by atoms with Crippen LogP contribution < -0.4 is 5.32 Å². The van der Waals surface area contributed by atoms with E-state index in [1.807, 2.05) is 0 Å². The maximum absolute atomic E-state index is 8.78. The first-order valence-corrected chi connectivity index (χ1v) is 5.68. The van der Waals surface area contributed by atoms with E-state index in [9.17, 15) is 0 Å². The Morgan fingerprint density at radius 1 is 1.36 bits per heavy atom. The van der Waals surface area contributed by atoms with Gasteiger partial charge >= 0.3 is 0 Å². The molecule has 1 spiro atoms. The molecule has 1 unspecified atom stereocenters. The predicted molar refractivity (Wildman–Crippen MR) is 53.4 cm³/mol. The fourth-order valence-corrected chi connectivity index (χ4v) is 3.24. The first-order chi connectivity index (χ1) is 6.81. The van der Waals surface area contributed by atoms with Crippen LogP contribution in [0.15, 0.2) is 0 Å². The van der Waals surface area contributed by atoms with Gasteiger partial charge in [0.25, 0.3) is 0 Å². The molecule has 1 atom stereocenters. The van der Waals surface area contributed by atoms with Gasteiger partial charge in [-0.15, -0.1) is 0 Å². The molecule has 0 bridgehead atoms. The van der Waals surface area contributed by atoms with Crippen LogP contribution in [0.3, 0.4) is 0 Å². The molecular formula is C11H17N3. The Balaban J connectivity index is 1.53. The van der Waals surface area contributed by atoms with Crippen LogP contribution in [-0.4, -0.2) is 30.2 Å². The summed E-state index contributed by atoms with van der Waals surface area (Å²) >= 11 is 0. The van der Waals surface area contributed by atoms with Crippen LogP contribution in [0.2, 0.25) is 0 Å².